The predicted molar refractivity (Wildman–Crippen MR) is 61.3 cm³/mol. The summed E-state index contributed by atoms with van der Waals surface area (Å²) in [6, 6.07) is -0.764. The lowest BCUT2D eigenvalue weighted by Gasteiger charge is -2.06. The molecular formula is C11H19N3O2. The smallest absolute Gasteiger partial charge is 0.328 e. The van der Waals surface area contributed by atoms with E-state index in [1.807, 2.05) is 6.92 Å². The molecule has 0 spiro atoms. The second-order valence-electron chi connectivity index (χ2n) is 4.35. The maximum atomic E-state index is 11.0. The van der Waals surface area contributed by atoms with E-state index in [1.165, 1.54) is 0 Å². The van der Waals surface area contributed by atoms with Crippen LogP contribution in [0.5, 0.6) is 0 Å². The van der Waals surface area contributed by atoms with E-state index in [0.29, 0.717) is 11.7 Å². The molecule has 3 N–H and O–H groups in total. The summed E-state index contributed by atoms with van der Waals surface area (Å²) in [7, 11) is 1.61. The van der Waals surface area contributed by atoms with E-state index in [4.69, 9.17) is 5.11 Å². The third kappa shape index (κ3) is 2.82. The maximum Gasteiger partial charge on any atom is 0.328 e. The van der Waals surface area contributed by atoms with E-state index in [0.717, 1.165) is 17.8 Å². The third-order valence-electron chi connectivity index (χ3n) is 2.41. The van der Waals surface area contributed by atoms with Crippen LogP contribution in [0.3, 0.4) is 0 Å². The average molecular weight is 225 g/mol. The van der Waals surface area contributed by atoms with Crippen LogP contribution in [-0.4, -0.2) is 28.1 Å². The first kappa shape index (κ1) is 12.7. The van der Waals surface area contributed by atoms with E-state index >= 15 is 0 Å². The van der Waals surface area contributed by atoms with Gasteiger partial charge in [0.15, 0.2) is 6.04 Å². The standard InChI is InChI=1S/C11H19N3O2/c1-6(2)5-8-7(3)13-10(14-8)9(12-4)11(15)16/h6,9,12H,5H2,1-4H3,(H,13,14)(H,15,16). The monoisotopic (exact) mass is 225 g/mol. The van der Waals surface area contributed by atoms with Crippen LogP contribution in [0.1, 0.15) is 37.1 Å². The van der Waals surface area contributed by atoms with Gasteiger partial charge in [-0.25, -0.2) is 4.98 Å². The van der Waals surface area contributed by atoms with Gasteiger partial charge in [0.2, 0.25) is 0 Å². The summed E-state index contributed by atoms with van der Waals surface area (Å²) in [4.78, 5) is 18.3. The molecule has 0 bridgehead atoms. The Balaban J connectivity index is 2.94. The Kier molecular flexibility index (Phi) is 4.06. The Morgan fingerprint density at radius 3 is 2.62 bits per heavy atom. The fraction of sp³-hybridized carbons (Fsp3) is 0.636. The number of rotatable bonds is 5. The van der Waals surface area contributed by atoms with Crippen LogP contribution in [0.4, 0.5) is 0 Å². The Hall–Kier alpha value is -1.36. The molecule has 0 amide bonds. The van der Waals surface area contributed by atoms with Crippen molar-refractivity contribution in [2.75, 3.05) is 7.05 Å². The topological polar surface area (TPSA) is 78.0 Å². The van der Waals surface area contributed by atoms with Crippen molar-refractivity contribution >= 4 is 5.97 Å². The number of hydrogen-bond acceptors (Lipinski definition) is 3. The first-order chi connectivity index (χ1) is 7.45. The fourth-order valence-corrected chi connectivity index (χ4v) is 1.62. The van der Waals surface area contributed by atoms with Gasteiger partial charge in [0.1, 0.15) is 5.82 Å². The summed E-state index contributed by atoms with van der Waals surface area (Å²) in [5, 5.41) is 11.7. The van der Waals surface area contributed by atoms with Crippen LogP contribution in [0, 0.1) is 12.8 Å². The van der Waals surface area contributed by atoms with Gasteiger partial charge in [-0.15, -0.1) is 0 Å². The number of aliphatic carboxylic acids is 1. The maximum absolute atomic E-state index is 11.0. The summed E-state index contributed by atoms with van der Waals surface area (Å²) < 4.78 is 0. The number of H-pyrrole nitrogens is 1. The van der Waals surface area contributed by atoms with E-state index in [1.54, 1.807) is 7.05 Å². The SMILES string of the molecule is CNC(C(=O)O)c1nc(CC(C)C)c(C)[nH]1. The van der Waals surface area contributed by atoms with Gasteiger partial charge in [-0.05, 0) is 26.3 Å². The Bertz CT molecular complexity index is 371. The molecule has 1 aromatic rings. The molecule has 5 nitrogen and oxygen atoms in total. The van der Waals surface area contributed by atoms with E-state index in [-0.39, 0.29) is 0 Å². The number of hydrogen-bond donors (Lipinski definition) is 3. The van der Waals surface area contributed by atoms with Crippen molar-refractivity contribution in [2.24, 2.45) is 5.92 Å². The molecule has 0 aliphatic heterocycles. The predicted octanol–water partition coefficient (Wildman–Crippen LogP) is 1.26. The van der Waals surface area contributed by atoms with E-state index < -0.39 is 12.0 Å². The average Bonchev–Trinajstić information content (AvgIpc) is 2.47. The van der Waals surface area contributed by atoms with Crippen molar-refractivity contribution < 1.29 is 9.90 Å². The van der Waals surface area contributed by atoms with Gasteiger partial charge in [-0.3, -0.25) is 4.79 Å². The molecule has 1 unspecified atom stereocenters. The van der Waals surface area contributed by atoms with Crippen molar-refractivity contribution in [3.8, 4) is 0 Å². The first-order valence-corrected chi connectivity index (χ1v) is 5.41. The molecule has 90 valence electrons. The summed E-state index contributed by atoms with van der Waals surface area (Å²) in [6.45, 7) is 6.14. The molecule has 1 atom stereocenters. The van der Waals surface area contributed by atoms with Gasteiger partial charge in [-0.1, -0.05) is 13.8 Å². The molecule has 16 heavy (non-hydrogen) atoms. The van der Waals surface area contributed by atoms with Gasteiger partial charge >= 0.3 is 5.97 Å². The number of likely N-dealkylation sites (N-methyl/N-ethyl adjacent to an activating group) is 1. The van der Waals surface area contributed by atoms with Crippen LogP contribution in [0.15, 0.2) is 0 Å². The fourth-order valence-electron chi connectivity index (χ4n) is 1.62. The number of carboxylic acids is 1. The minimum atomic E-state index is -0.924. The number of aromatic amines is 1. The second-order valence-corrected chi connectivity index (χ2v) is 4.35. The highest BCUT2D eigenvalue weighted by molar-refractivity contribution is 5.74. The van der Waals surface area contributed by atoms with Crippen LogP contribution >= 0.6 is 0 Å². The summed E-state index contributed by atoms with van der Waals surface area (Å²) >= 11 is 0. The minimum absolute atomic E-state index is 0.475. The molecule has 1 heterocycles. The molecule has 0 saturated heterocycles. The molecule has 0 aliphatic carbocycles. The minimum Gasteiger partial charge on any atom is -0.480 e. The molecule has 0 aliphatic rings. The number of aromatic nitrogens is 2. The molecule has 0 radical (unpaired) electrons. The largest absolute Gasteiger partial charge is 0.480 e. The normalized spacial score (nSPS) is 13.1. The zero-order valence-corrected chi connectivity index (χ0v) is 10.2. The lowest BCUT2D eigenvalue weighted by molar-refractivity contribution is -0.139. The van der Waals surface area contributed by atoms with Crippen LogP contribution < -0.4 is 5.32 Å². The molecule has 5 heteroatoms. The van der Waals surface area contributed by atoms with Crippen LogP contribution in [0.25, 0.3) is 0 Å². The molecule has 1 rings (SSSR count). The number of imidazole rings is 1. The number of nitrogens with one attached hydrogen (secondary N) is 2. The number of carboxylic acid groups (broad SMARTS) is 1. The Labute approximate surface area is 95.3 Å². The summed E-state index contributed by atoms with van der Waals surface area (Å²) in [5.74, 6) is 0.0585. The highest BCUT2D eigenvalue weighted by Gasteiger charge is 2.22. The van der Waals surface area contributed by atoms with Gasteiger partial charge in [0.05, 0.1) is 5.69 Å². The quantitative estimate of drug-likeness (QED) is 0.705. The van der Waals surface area contributed by atoms with Crippen LogP contribution in [-0.2, 0) is 11.2 Å². The summed E-state index contributed by atoms with van der Waals surface area (Å²) in [5.41, 5.74) is 1.90. The summed E-state index contributed by atoms with van der Waals surface area (Å²) in [6.07, 6.45) is 0.860. The highest BCUT2D eigenvalue weighted by atomic mass is 16.4. The van der Waals surface area contributed by atoms with Crippen molar-refractivity contribution in [2.45, 2.75) is 33.2 Å². The highest BCUT2D eigenvalue weighted by Crippen LogP contribution is 2.15. The Morgan fingerprint density at radius 2 is 2.19 bits per heavy atom. The Morgan fingerprint density at radius 1 is 1.56 bits per heavy atom. The van der Waals surface area contributed by atoms with Gasteiger partial charge in [0, 0.05) is 5.69 Å². The number of nitrogens with zero attached hydrogens (tertiary/aromatic N) is 1. The lowest BCUT2D eigenvalue weighted by Crippen LogP contribution is -2.26. The third-order valence-corrected chi connectivity index (χ3v) is 2.41. The van der Waals surface area contributed by atoms with Crippen LogP contribution in [0.2, 0.25) is 0 Å². The lowest BCUT2D eigenvalue weighted by atomic mass is 10.1. The van der Waals surface area contributed by atoms with Crippen molar-refractivity contribution in [3.63, 3.8) is 0 Å². The molecular weight excluding hydrogens is 206 g/mol. The molecule has 0 saturated carbocycles. The van der Waals surface area contributed by atoms with Crippen molar-refractivity contribution in [3.05, 3.63) is 17.2 Å². The van der Waals surface area contributed by atoms with Crippen molar-refractivity contribution in [1.82, 2.24) is 15.3 Å². The molecule has 0 fully saturated rings. The van der Waals surface area contributed by atoms with Crippen molar-refractivity contribution in [1.29, 1.82) is 0 Å². The second kappa shape index (κ2) is 5.12. The molecule has 0 aromatic carbocycles. The zero-order valence-electron chi connectivity index (χ0n) is 10.2. The van der Waals surface area contributed by atoms with Gasteiger partial charge < -0.3 is 15.4 Å². The van der Waals surface area contributed by atoms with E-state index in [2.05, 4.69) is 29.1 Å². The van der Waals surface area contributed by atoms with Gasteiger partial charge in [-0.2, -0.15) is 0 Å². The number of aryl methyl sites for hydroxylation is 1. The number of carbonyl (C=O) groups is 1. The van der Waals surface area contributed by atoms with E-state index in [9.17, 15) is 4.79 Å². The van der Waals surface area contributed by atoms with Gasteiger partial charge in [0.25, 0.3) is 0 Å². The first-order valence-electron chi connectivity index (χ1n) is 5.41. The zero-order chi connectivity index (χ0) is 12.3. The molecule has 1 aromatic heterocycles.